The van der Waals surface area contributed by atoms with Crippen molar-refractivity contribution in [2.24, 2.45) is 11.1 Å². The quantitative estimate of drug-likeness (QED) is 0.651. The number of halogens is 5. The number of nitrogens with two attached hydrogens (primary N) is 1. The number of sulfonamides is 1. The van der Waals surface area contributed by atoms with E-state index in [1.54, 1.807) is 0 Å². The molecule has 1 aliphatic rings. The molecule has 1 aliphatic heterocycles. The number of alkyl halides is 5. The fraction of sp³-hybridized carbons (Fsp3) is 0.389. The minimum Gasteiger partial charge on any atom is -0.355 e. The van der Waals surface area contributed by atoms with Crippen molar-refractivity contribution in [2.75, 3.05) is 23.3 Å². The molecule has 2 aromatic heterocycles. The van der Waals surface area contributed by atoms with Gasteiger partial charge in [-0.1, -0.05) is 6.92 Å². The molecule has 14 heteroatoms. The van der Waals surface area contributed by atoms with Gasteiger partial charge in [0.15, 0.2) is 5.03 Å². The number of hydrogen-bond acceptors (Lipinski definition) is 6. The lowest BCUT2D eigenvalue weighted by Crippen LogP contribution is -2.46. The van der Waals surface area contributed by atoms with E-state index in [1.807, 2.05) is 0 Å². The third-order valence-electron chi connectivity index (χ3n) is 4.92. The zero-order chi connectivity index (χ0) is 23.9. The summed E-state index contributed by atoms with van der Waals surface area (Å²) in [5, 5.41) is 6.80. The summed E-state index contributed by atoms with van der Waals surface area (Å²) < 4.78 is 90.2. The molecule has 1 saturated heterocycles. The van der Waals surface area contributed by atoms with E-state index in [0.29, 0.717) is 6.07 Å². The molecule has 174 valence electrons. The molecule has 0 saturated carbocycles. The number of primary sulfonamides is 1. The number of anilines is 2. The highest BCUT2D eigenvalue weighted by Crippen LogP contribution is 2.37. The Morgan fingerprint density at radius 1 is 1.28 bits per heavy atom. The molecule has 1 atom stereocenters. The molecule has 8 nitrogen and oxygen atoms in total. The summed E-state index contributed by atoms with van der Waals surface area (Å²) >= 11 is 0. The van der Waals surface area contributed by atoms with Crippen LogP contribution in [0, 0.1) is 5.92 Å². The molecule has 0 unspecified atom stereocenters. The average molecular weight is 479 g/mol. The van der Waals surface area contributed by atoms with E-state index in [-0.39, 0.29) is 24.3 Å². The number of carbonyl (C=O) groups excluding carboxylic acids is 1. The number of carbonyl (C=O) groups is 1. The molecule has 3 heterocycles. The summed E-state index contributed by atoms with van der Waals surface area (Å²) in [6.45, 7) is 0.633. The number of rotatable bonds is 4. The van der Waals surface area contributed by atoms with Gasteiger partial charge in [0.1, 0.15) is 11.5 Å². The van der Waals surface area contributed by atoms with E-state index in [2.05, 4.69) is 15.3 Å². The normalized spacial score (nSPS) is 19.0. The van der Waals surface area contributed by atoms with Gasteiger partial charge in [0.2, 0.25) is 0 Å². The Morgan fingerprint density at radius 3 is 2.56 bits per heavy atom. The lowest BCUT2D eigenvalue weighted by molar-refractivity contribution is -0.141. The predicted octanol–water partition coefficient (Wildman–Crippen LogP) is 2.88. The van der Waals surface area contributed by atoms with Crippen molar-refractivity contribution in [3.05, 3.63) is 41.7 Å². The Labute approximate surface area is 179 Å². The second-order valence-electron chi connectivity index (χ2n) is 7.31. The van der Waals surface area contributed by atoms with Crippen LogP contribution >= 0.6 is 0 Å². The summed E-state index contributed by atoms with van der Waals surface area (Å²) in [5.74, 6) is -5.50. The molecule has 0 aliphatic carbocycles. The van der Waals surface area contributed by atoms with Gasteiger partial charge >= 0.3 is 6.18 Å². The van der Waals surface area contributed by atoms with Crippen LogP contribution in [0.15, 0.2) is 35.5 Å². The van der Waals surface area contributed by atoms with Crippen molar-refractivity contribution in [3.63, 3.8) is 0 Å². The highest BCUT2D eigenvalue weighted by atomic mass is 32.2. The number of pyridine rings is 2. The first-order chi connectivity index (χ1) is 14.7. The second kappa shape index (κ2) is 8.24. The van der Waals surface area contributed by atoms with Crippen LogP contribution in [0.4, 0.5) is 33.5 Å². The van der Waals surface area contributed by atoms with Crippen LogP contribution in [0.2, 0.25) is 0 Å². The van der Waals surface area contributed by atoms with Gasteiger partial charge in [0.25, 0.3) is 21.9 Å². The lowest BCUT2D eigenvalue weighted by atomic mass is 9.95. The third-order valence-corrected chi connectivity index (χ3v) is 5.73. The summed E-state index contributed by atoms with van der Waals surface area (Å²) in [6.07, 6.45) is -4.37. The van der Waals surface area contributed by atoms with Crippen molar-refractivity contribution in [1.82, 2.24) is 9.97 Å². The number of aromatic nitrogens is 2. The fourth-order valence-corrected chi connectivity index (χ4v) is 3.64. The van der Waals surface area contributed by atoms with Crippen LogP contribution in [0.1, 0.15) is 29.4 Å². The van der Waals surface area contributed by atoms with Gasteiger partial charge in [-0.3, -0.25) is 4.79 Å². The SMILES string of the molecule is C[C@H]1CN(c2nc(C(F)(F)F)ccc2C(=O)Nc2ccnc(S(N)(=O)=O)c2)CCC1(F)F. The Bertz CT molecular complexity index is 1140. The van der Waals surface area contributed by atoms with E-state index in [4.69, 9.17) is 5.14 Å². The first-order valence-electron chi connectivity index (χ1n) is 9.20. The maximum atomic E-state index is 13.9. The highest BCUT2D eigenvalue weighted by molar-refractivity contribution is 7.89. The average Bonchev–Trinajstić information content (AvgIpc) is 2.68. The van der Waals surface area contributed by atoms with E-state index in [1.165, 1.54) is 17.9 Å². The molecule has 32 heavy (non-hydrogen) atoms. The Morgan fingerprint density at radius 2 is 1.97 bits per heavy atom. The van der Waals surface area contributed by atoms with Gasteiger partial charge in [0.05, 0.1) is 5.56 Å². The van der Waals surface area contributed by atoms with Crippen molar-refractivity contribution in [3.8, 4) is 0 Å². The van der Waals surface area contributed by atoms with Gasteiger partial charge in [-0.25, -0.2) is 32.3 Å². The molecule has 0 bridgehead atoms. The van der Waals surface area contributed by atoms with E-state index >= 15 is 0 Å². The molecule has 1 fully saturated rings. The molecule has 0 radical (unpaired) electrons. The maximum absolute atomic E-state index is 13.9. The minimum atomic E-state index is -4.81. The summed E-state index contributed by atoms with van der Waals surface area (Å²) in [4.78, 5) is 21.1. The Kier molecular flexibility index (Phi) is 6.12. The van der Waals surface area contributed by atoms with Crippen molar-refractivity contribution >= 4 is 27.4 Å². The van der Waals surface area contributed by atoms with Crippen LogP contribution in [-0.4, -0.2) is 43.3 Å². The monoisotopic (exact) mass is 479 g/mol. The number of nitrogens with one attached hydrogen (secondary N) is 1. The lowest BCUT2D eigenvalue weighted by Gasteiger charge is -2.38. The fourth-order valence-electron chi connectivity index (χ4n) is 3.14. The van der Waals surface area contributed by atoms with Crippen molar-refractivity contribution < 1.29 is 35.2 Å². The van der Waals surface area contributed by atoms with Crippen molar-refractivity contribution in [1.29, 1.82) is 0 Å². The minimum absolute atomic E-state index is 0.0431. The molecule has 1 amide bonds. The molecular weight excluding hydrogens is 461 g/mol. The molecular formula is C18H18F5N5O3S. The van der Waals surface area contributed by atoms with Gasteiger partial charge in [-0.2, -0.15) is 13.2 Å². The highest BCUT2D eigenvalue weighted by Gasteiger charge is 2.43. The summed E-state index contributed by atoms with van der Waals surface area (Å²) in [6, 6.07) is 3.70. The Balaban J connectivity index is 1.98. The van der Waals surface area contributed by atoms with Crippen molar-refractivity contribution in [2.45, 2.75) is 30.5 Å². The second-order valence-corrected chi connectivity index (χ2v) is 8.81. The van der Waals surface area contributed by atoms with Crippen LogP contribution in [-0.2, 0) is 16.2 Å². The van der Waals surface area contributed by atoms with Crippen LogP contribution in [0.25, 0.3) is 0 Å². The van der Waals surface area contributed by atoms with Crippen LogP contribution < -0.4 is 15.4 Å². The van der Waals surface area contributed by atoms with Crippen LogP contribution in [0.5, 0.6) is 0 Å². The molecule has 0 spiro atoms. The molecule has 3 N–H and O–H groups in total. The summed E-state index contributed by atoms with van der Waals surface area (Å²) in [7, 11) is -4.17. The number of piperidine rings is 1. The van der Waals surface area contributed by atoms with E-state index in [9.17, 15) is 35.2 Å². The third kappa shape index (κ3) is 5.12. The smallest absolute Gasteiger partial charge is 0.355 e. The topological polar surface area (TPSA) is 118 Å². The first-order valence-corrected chi connectivity index (χ1v) is 10.7. The zero-order valence-corrected chi connectivity index (χ0v) is 17.3. The zero-order valence-electron chi connectivity index (χ0n) is 16.5. The van der Waals surface area contributed by atoms with Crippen LogP contribution in [0.3, 0.4) is 0 Å². The van der Waals surface area contributed by atoms with Gasteiger partial charge in [-0.15, -0.1) is 0 Å². The van der Waals surface area contributed by atoms with Gasteiger partial charge < -0.3 is 10.2 Å². The van der Waals surface area contributed by atoms with Gasteiger partial charge in [0, 0.05) is 43.4 Å². The first kappa shape index (κ1) is 23.8. The Hall–Kier alpha value is -2.87. The van der Waals surface area contributed by atoms with E-state index < -0.39 is 56.9 Å². The summed E-state index contributed by atoms with van der Waals surface area (Å²) in [5.41, 5.74) is -1.63. The number of hydrogen-bond donors (Lipinski definition) is 2. The molecule has 3 rings (SSSR count). The van der Waals surface area contributed by atoms with Gasteiger partial charge in [-0.05, 0) is 18.2 Å². The van der Waals surface area contributed by atoms with E-state index in [0.717, 1.165) is 18.3 Å². The number of amides is 1. The molecule has 2 aromatic rings. The number of nitrogens with zero attached hydrogens (tertiary/aromatic N) is 3. The molecule has 0 aromatic carbocycles. The predicted molar refractivity (Wildman–Crippen MR) is 104 cm³/mol. The standard InChI is InChI=1S/C18H18F5N5O3S/c1-10-9-28(7-5-17(10,19)20)15-12(2-3-13(27-15)18(21,22)23)16(29)26-11-4-6-25-14(8-11)32(24,30)31/h2-4,6,8,10H,5,7,9H2,1H3,(H2,24,30,31)(H,25,26,29)/t10-/m0/s1. The maximum Gasteiger partial charge on any atom is 0.433 e. The largest absolute Gasteiger partial charge is 0.433 e.